The highest BCUT2D eigenvalue weighted by molar-refractivity contribution is 5.86. The Morgan fingerprint density at radius 1 is 1.26 bits per heavy atom. The van der Waals surface area contributed by atoms with Crippen LogP contribution in [0.5, 0.6) is 11.5 Å². The Morgan fingerprint density at radius 3 is 2.78 bits per heavy atom. The summed E-state index contributed by atoms with van der Waals surface area (Å²) in [5, 5.41) is 5.80. The molecule has 0 spiro atoms. The average molecular weight is 374 g/mol. The van der Waals surface area contributed by atoms with Crippen molar-refractivity contribution in [3.63, 3.8) is 0 Å². The summed E-state index contributed by atoms with van der Waals surface area (Å²) in [6.07, 6.45) is 5.84. The van der Waals surface area contributed by atoms with Gasteiger partial charge in [-0.3, -0.25) is 9.59 Å². The molecule has 0 aromatic heterocycles. The zero-order chi connectivity index (χ0) is 19.2. The second-order valence-electron chi connectivity index (χ2n) is 6.72. The number of ether oxygens (including phenoxy) is 3. The number of rotatable bonds is 6. The van der Waals surface area contributed by atoms with Crippen LogP contribution in [0.25, 0.3) is 0 Å². The molecule has 1 saturated heterocycles. The smallest absolute Gasteiger partial charge is 0.251 e. The van der Waals surface area contributed by atoms with Crippen LogP contribution >= 0.6 is 0 Å². The van der Waals surface area contributed by atoms with Crippen LogP contribution < -0.4 is 20.1 Å². The summed E-state index contributed by atoms with van der Waals surface area (Å²) in [6, 6.07) is 4.70. The fourth-order valence-electron chi connectivity index (χ4n) is 3.45. The Balaban J connectivity index is 1.75. The molecule has 1 fully saturated rings. The van der Waals surface area contributed by atoms with E-state index in [0.717, 1.165) is 24.8 Å². The minimum absolute atomic E-state index is 0.134. The minimum Gasteiger partial charge on any atom is -0.493 e. The Hall–Kier alpha value is -2.54. The van der Waals surface area contributed by atoms with Gasteiger partial charge in [-0.2, -0.15) is 0 Å². The number of methoxy groups -OCH3 is 2. The third-order valence-corrected chi connectivity index (χ3v) is 4.91. The molecule has 0 bridgehead atoms. The molecule has 7 nitrogen and oxygen atoms in total. The molecular formula is C20H26N2O5. The summed E-state index contributed by atoms with van der Waals surface area (Å²) >= 11 is 0. The van der Waals surface area contributed by atoms with Gasteiger partial charge in [0.15, 0.2) is 17.6 Å². The predicted octanol–water partition coefficient (Wildman–Crippen LogP) is 1.88. The van der Waals surface area contributed by atoms with E-state index < -0.39 is 12.1 Å². The molecule has 2 aliphatic rings. The van der Waals surface area contributed by atoms with Crippen LogP contribution in [0.2, 0.25) is 0 Å². The molecule has 146 valence electrons. The lowest BCUT2D eigenvalue weighted by Gasteiger charge is -2.32. The zero-order valence-corrected chi connectivity index (χ0v) is 15.7. The fourth-order valence-corrected chi connectivity index (χ4v) is 3.45. The SMILES string of the molecule is COc1ccc([C@H]2NC(=O)CO[C@@H]2C(=O)NCC2=CCCCC2)cc1OC. The second kappa shape index (κ2) is 8.90. The van der Waals surface area contributed by atoms with Gasteiger partial charge in [-0.05, 0) is 43.4 Å². The van der Waals surface area contributed by atoms with E-state index in [-0.39, 0.29) is 18.4 Å². The molecule has 0 unspecified atom stereocenters. The van der Waals surface area contributed by atoms with Crippen LogP contribution in [0.15, 0.2) is 29.8 Å². The van der Waals surface area contributed by atoms with Crippen LogP contribution in [0.4, 0.5) is 0 Å². The lowest BCUT2D eigenvalue weighted by molar-refractivity contribution is -0.147. The van der Waals surface area contributed by atoms with Crippen LogP contribution in [0, 0.1) is 0 Å². The van der Waals surface area contributed by atoms with Gasteiger partial charge < -0.3 is 24.8 Å². The monoisotopic (exact) mass is 374 g/mol. The molecule has 1 aromatic rings. The van der Waals surface area contributed by atoms with Crippen molar-refractivity contribution in [2.75, 3.05) is 27.4 Å². The van der Waals surface area contributed by atoms with Gasteiger partial charge in [0, 0.05) is 6.54 Å². The predicted molar refractivity (Wildman–Crippen MR) is 99.7 cm³/mol. The summed E-state index contributed by atoms with van der Waals surface area (Å²) in [4.78, 5) is 24.6. The topological polar surface area (TPSA) is 85.9 Å². The number of carbonyl (C=O) groups excluding carboxylic acids is 2. The van der Waals surface area contributed by atoms with Gasteiger partial charge >= 0.3 is 0 Å². The second-order valence-corrected chi connectivity index (χ2v) is 6.72. The first kappa shape index (κ1) is 19.2. The van der Waals surface area contributed by atoms with Crippen molar-refractivity contribution in [3.05, 3.63) is 35.4 Å². The van der Waals surface area contributed by atoms with Crippen LogP contribution in [0.3, 0.4) is 0 Å². The average Bonchev–Trinajstić information content (AvgIpc) is 2.72. The number of nitrogens with one attached hydrogen (secondary N) is 2. The zero-order valence-electron chi connectivity index (χ0n) is 15.7. The number of allylic oxidation sites excluding steroid dienone is 1. The van der Waals surface area contributed by atoms with Gasteiger partial charge in [-0.25, -0.2) is 0 Å². The van der Waals surface area contributed by atoms with Crippen LogP contribution in [-0.2, 0) is 14.3 Å². The fraction of sp³-hybridized carbons (Fsp3) is 0.500. The van der Waals surface area contributed by atoms with E-state index in [2.05, 4.69) is 16.7 Å². The Kier molecular flexibility index (Phi) is 6.34. The standard InChI is InChI=1S/C20H26N2O5/c1-25-15-9-8-14(10-16(15)26-2)18-19(27-12-17(23)22-18)20(24)21-11-13-6-4-3-5-7-13/h6,8-10,18-19H,3-5,7,11-12H2,1-2H3,(H,21,24)(H,22,23)/t18-,19+/m1/s1. The summed E-state index contributed by atoms with van der Waals surface area (Å²) in [5.74, 6) is 0.617. The number of morpholine rings is 1. The van der Waals surface area contributed by atoms with E-state index in [1.54, 1.807) is 32.4 Å². The molecule has 1 aliphatic carbocycles. The van der Waals surface area contributed by atoms with Gasteiger partial charge in [0.25, 0.3) is 5.91 Å². The third-order valence-electron chi connectivity index (χ3n) is 4.91. The highest BCUT2D eigenvalue weighted by Gasteiger charge is 2.36. The van der Waals surface area contributed by atoms with E-state index in [0.29, 0.717) is 18.0 Å². The lowest BCUT2D eigenvalue weighted by atomic mass is 9.97. The maximum Gasteiger partial charge on any atom is 0.251 e. The summed E-state index contributed by atoms with van der Waals surface area (Å²) in [7, 11) is 3.10. The molecule has 2 N–H and O–H groups in total. The Labute approximate surface area is 159 Å². The normalized spacial score (nSPS) is 22.4. The van der Waals surface area contributed by atoms with E-state index in [4.69, 9.17) is 14.2 Å². The number of carbonyl (C=O) groups is 2. The van der Waals surface area contributed by atoms with E-state index in [1.165, 1.54) is 12.0 Å². The third kappa shape index (κ3) is 4.60. The van der Waals surface area contributed by atoms with Crippen LogP contribution in [0.1, 0.15) is 37.3 Å². The van der Waals surface area contributed by atoms with Crippen LogP contribution in [-0.4, -0.2) is 45.3 Å². The molecule has 27 heavy (non-hydrogen) atoms. The molecule has 1 heterocycles. The van der Waals surface area contributed by atoms with Crippen molar-refractivity contribution in [2.24, 2.45) is 0 Å². The number of amides is 2. The van der Waals surface area contributed by atoms with Crippen molar-refractivity contribution >= 4 is 11.8 Å². The molecule has 0 radical (unpaired) electrons. The first-order valence-corrected chi connectivity index (χ1v) is 9.21. The molecule has 0 saturated carbocycles. The molecule has 7 heteroatoms. The summed E-state index contributed by atoms with van der Waals surface area (Å²) in [5.41, 5.74) is 1.97. The van der Waals surface area contributed by atoms with Crippen molar-refractivity contribution in [3.8, 4) is 11.5 Å². The van der Waals surface area contributed by atoms with E-state index in [9.17, 15) is 9.59 Å². The summed E-state index contributed by atoms with van der Waals surface area (Å²) in [6.45, 7) is 0.385. The first-order chi connectivity index (χ1) is 13.1. The number of benzene rings is 1. The van der Waals surface area contributed by atoms with Gasteiger partial charge in [0.1, 0.15) is 6.61 Å². The van der Waals surface area contributed by atoms with Crippen molar-refractivity contribution < 1.29 is 23.8 Å². The minimum atomic E-state index is -0.801. The summed E-state index contributed by atoms with van der Waals surface area (Å²) < 4.78 is 16.2. The highest BCUT2D eigenvalue weighted by atomic mass is 16.5. The van der Waals surface area contributed by atoms with Crippen molar-refractivity contribution in [1.29, 1.82) is 0 Å². The maximum atomic E-state index is 12.7. The number of hydrogen-bond acceptors (Lipinski definition) is 5. The molecule has 1 aliphatic heterocycles. The molecule has 2 amide bonds. The van der Waals surface area contributed by atoms with Crippen molar-refractivity contribution in [1.82, 2.24) is 10.6 Å². The Bertz CT molecular complexity index is 731. The molecule has 3 rings (SSSR count). The van der Waals surface area contributed by atoms with E-state index in [1.807, 2.05) is 0 Å². The van der Waals surface area contributed by atoms with Gasteiger partial charge in [-0.1, -0.05) is 17.7 Å². The molecule has 1 aromatic carbocycles. The Morgan fingerprint density at radius 2 is 2.07 bits per heavy atom. The molecule has 2 atom stereocenters. The van der Waals surface area contributed by atoms with Gasteiger partial charge in [0.2, 0.25) is 5.91 Å². The molecular weight excluding hydrogens is 348 g/mol. The maximum absolute atomic E-state index is 12.7. The van der Waals surface area contributed by atoms with E-state index >= 15 is 0 Å². The lowest BCUT2D eigenvalue weighted by Crippen LogP contribution is -2.52. The first-order valence-electron chi connectivity index (χ1n) is 9.21. The van der Waals surface area contributed by atoms with Crippen molar-refractivity contribution in [2.45, 2.75) is 37.8 Å². The number of hydrogen-bond donors (Lipinski definition) is 2. The largest absolute Gasteiger partial charge is 0.493 e. The highest BCUT2D eigenvalue weighted by Crippen LogP contribution is 2.32. The quantitative estimate of drug-likeness (QED) is 0.743. The van der Waals surface area contributed by atoms with Gasteiger partial charge in [-0.15, -0.1) is 0 Å². The van der Waals surface area contributed by atoms with Gasteiger partial charge in [0.05, 0.1) is 20.3 Å².